The van der Waals surface area contributed by atoms with Crippen molar-refractivity contribution in [2.24, 2.45) is 0 Å². The highest BCUT2D eigenvalue weighted by molar-refractivity contribution is 7.27. The third kappa shape index (κ3) is 1.59. The lowest BCUT2D eigenvalue weighted by Gasteiger charge is -1.96. The summed E-state index contributed by atoms with van der Waals surface area (Å²) in [5.41, 5.74) is 0.749. The fraction of sp³-hybridized carbons (Fsp3) is 0.125. The van der Waals surface area contributed by atoms with Gasteiger partial charge in [-0.1, -0.05) is 0 Å². The molecule has 0 saturated heterocycles. The summed E-state index contributed by atoms with van der Waals surface area (Å²) < 4.78 is 5.93. The largest absolute Gasteiger partial charge is 0.519 e. The number of nitrogens with zero attached hydrogens (tertiary/aromatic N) is 1. The van der Waals surface area contributed by atoms with Crippen LogP contribution in [0, 0.1) is 0 Å². The third-order valence-corrected chi connectivity index (χ3v) is 2.89. The Kier molecular flexibility index (Phi) is 2.41. The monoisotopic (exact) mass is 209 g/mol. The first-order valence-corrected chi connectivity index (χ1v) is 4.83. The molecule has 2 aromatic rings. The van der Waals surface area contributed by atoms with Crippen molar-refractivity contribution in [1.29, 1.82) is 0 Å². The first-order chi connectivity index (χ1) is 6.70. The standard InChI is InChI=1S/C8H8BNO3S/c1-13-5-2-3-6-7(4-5)14-8(10-6)9(11)12/h2-4,11-12H,1H3. The van der Waals surface area contributed by atoms with Crippen molar-refractivity contribution in [1.82, 2.24) is 4.98 Å². The number of thiazole rings is 1. The quantitative estimate of drug-likeness (QED) is 0.682. The Labute approximate surface area is 84.9 Å². The lowest BCUT2D eigenvalue weighted by atomic mass is 9.94. The zero-order valence-electron chi connectivity index (χ0n) is 7.47. The van der Waals surface area contributed by atoms with E-state index in [1.54, 1.807) is 19.2 Å². The van der Waals surface area contributed by atoms with Crippen molar-refractivity contribution >= 4 is 33.6 Å². The van der Waals surface area contributed by atoms with E-state index in [-0.39, 0.29) is 0 Å². The zero-order valence-corrected chi connectivity index (χ0v) is 8.28. The van der Waals surface area contributed by atoms with Gasteiger partial charge in [-0.2, -0.15) is 0 Å². The molecule has 0 saturated carbocycles. The highest BCUT2D eigenvalue weighted by Gasteiger charge is 2.16. The van der Waals surface area contributed by atoms with Gasteiger partial charge in [-0.25, -0.2) is 4.98 Å². The van der Waals surface area contributed by atoms with Gasteiger partial charge in [-0.15, -0.1) is 11.3 Å². The highest BCUT2D eigenvalue weighted by Crippen LogP contribution is 2.22. The molecule has 0 amide bonds. The number of aromatic nitrogens is 1. The molecule has 14 heavy (non-hydrogen) atoms. The molecule has 0 aliphatic carbocycles. The van der Waals surface area contributed by atoms with Crippen LogP contribution in [0.1, 0.15) is 0 Å². The average Bonchev–Trinajstić information content (AvgIpc) is 2.59. The summed E-state index contributed by atoms with van der Waals surface area (Å²) >= 11 is 1.24. The maximum Gasteiger partial charge on any atom is 0.519 e. The molecule has 0 aliphatic heterocycles. The van der Waals surface area contributed by atoms with Crippen LogP contribution in [0.3, 0.4) is 0 Å². The molecular formula is C8H8BNO3S. The van der Waals surface area contributed by atoms with Crippen LogP contribution in [0.5, 0.6) is 5.75 Å². The average molecular weight is 209 g/mol. The van der Waals surface area contributed by atoms with Gasteiger partial charge in [0.1, 0.15) is 10.7 Å². The lowest BCUT2D eigenvalue weighted by molar-refractivity contribution is 0.415. The van der Waals surface area contributed by atoms with Gasteiger partial charge in [-0.3, -0.25) is 0 Å². The first kappa shape index (κ1) is 9.45. The molecule has 4 nitrogen and oxygen atoms in total. The van der Waals surface area contributed by atoms with Crippen LogP contribution < -0.4 is 9.64 Å². The van der Waals surface area contributed by atoms with Gasteiger partial charge in [0.2, 0.25) is 0 Å². The molecule has 2 rings (SSSR count). The summed E-state index contributed by atoms with van der Waals surface area (Å²) in [6.45, 7) is 0. The van der Waals surface area contributed by atoms with Crippen molar-refractivity contribution in [3.8, 4) is 5.75 Å². The second kappa shape index (κ2) is 3.57. The van der Waals surface area contributed by atoms with Crippen LogP contribution in [-0.4, -0.2) is 29.3 Å². The summed E-state index contributed by atoms with van der Waals surface area (Å²) in [5.74, 6) is 0.736. The van der Waals surface area contributed by atoms with E-state index in [1.807, 2.05) is 6.07 Å². The number of fused-ring (bicyclic) bond motifs is 1. The predicted molar refractivity (Wildman–Crippen MR) is 56.0 cm³/mol. The molecule has 0 bridgehead atoms. The minimum atomic E-state index is -1.50. The SMILES string of the molecule is COc1ccc2nc(B(O)O)sc2c1. The summed E-state index contributed by atoms with van der Waals surface area (Å²) in [6, 6.07) is 5.39. The van der Waals surface area contributed by atoms with E-state index in [4.69, 9.17) is 14.8 Å². The van der Waals surface area contributed by atoms with Crippen LogP contribution in [0.4, 0.5) is 0 Å². The summed E-state index contributed by atoms with van der Waals surface area (Å²) in [4.78, 5) is 4.35. The van der Waals surface area contributed by atoms with Crippen LogP contribution in [0.15, 0.2) is 18.2 Å². The summed E-state index contributed by atoms with van der Waals surface area (Å²) in [6.07, 6.45) is 0. The molecule has 1 aromatic heterocycles. The van der Waals surface area contributed by atoms with E-state index in [9.17, 15) is 0 Å². The molecule has 0 spiro atoms. The number of hydrogen-bond acceptors (Lipinski definition) is 5. The smallest absolute Gasteiger partial charge is 0.497 e. The van der Waals surface area contributed by atoms with Gasteiger partial charge >= 0.3 is 7.12 Å². The van der Waals surface area contributed by atoms with Crippen LogP contribution >= 0.6 is 11.3 Å². The molecule has 72 valence electrons. The number of ether oxygens (including phenoxy) is 1. The van der Waals surface area contributed by atoms with Gasteiger partial charge in [0.15, 0.2) is 0 Å². The van der Waals surface area contributed by atoms with E-state index in [2.05, 4.69) is 4.98 Å². The van der Waals surface area contributed by atoms with E-state index >= 15 is 0 Å². The number of rotatable bonds is 2. The van der Waals surface area contributed by atoms with E-state index in [0.29, 0.717) is 4.91 Å². The molecular weight excluding hydrogens is 201 g/mol. The maximum absolute atomic E-state index is 8.92. The molecule has 0 atom stereocenters. The van der Waals surface area contributed by atoms with E-state index < -0.39 is 7.12 Å². The Morgan fingerprint density at radius 1 is 1.43 bits per heavy atom. The number of hydrogen-bond donors (Lipinski definition) is 2. The zero-order chi connectivity index (χ0) is 10.1. The number of methoxy groups -OCH3 is 1. The number of benzene rings is 1. The van der Waals surface area contributed by atoms with Crippen molar-refractivity contribution in [2.45, 2.75) is 0 Å². The molecule has 0 aliphatic rings. The Hall–Kier alpha value is -1.11. The summed E-state index contributed by atoms with van der Waals surface area (Å²) in [7, 11) is 0.0858. The molecule has 0 radical (unpaired) electrons. The third-order valence-electron chi connectivity index (χ3n) is 1.83. The maximum atomic E-state index is 8.92. The summed E-state index contributed by atoms with van der Waals surface area (Å²) in [5, 5.41) is 17.8. The fourth-order valence-electron chi connectivity index (χ4n) is 1.16. The van der Waals surface area contributed by atoms with E-state index in [0.717, 1.165) is 16.0 Å². The van der Waals surface area contributed by atoms with Crippen molar-refractivity contribution in [3.05, 3.63) is 18.2 Å². The van der Waals surface area contributed by atoms with Crippen molar-refractivity contribution in [2.75, 3.05) is 7.11 Å². The minimum absolute atomic E-state index is 0.299. The Morgan fingerprint density at radius 3 is 2.86 bits per heavy atom. The Bertz CT molecular complexity index is 457. The van der Waals surface area contributed by atoms with Crippen LogP contribution in [0.25, 0.3) is 10.2 Å². The van der Waals surface area contributed by atoms with Crippen molar-refractivity contribution < 1.29 is 14.8 Å². The molecule has 2 N–H and O–H groups in total. The molecule has 1 heterocycles. The Balaban J connectivity index is 2.54. The minimum Gasteiger partial charge on any atom is -0.497 e. The normalized spacial score (nSPS) is 10.5. The van der Waals surface area contributed by atoms with Gasteiger partial charge in [0, 0.05) is 0 Å². The molecule has 6 heteroatoms. The van der Waals surface area contributed by atoms with Gasteiger partial charge in [0.25, 0.3) is 0 Å². The van der Waals surface area contributed by atoms with Crippen LogP contribution in [-0.2, 0) is 0 Å². The fourth-order valence-corrected chi connectivity index (χ4v) is 2.03. The van der Waals surface area contributed by atoms with Crippen LogP contribution in [0.2, 0.25) is 0 Å². The lowest BCUT2D eigenvalue weighted by Crippen LogP contribution is -2.28. The first-order valence-electron chi connectivity index (χ1n) is 4.01. The molecule has 0 unspecified atom stereocenters. The van der Waals surface area contributed by atoms with E-state index in [1.165, 1.54) is 11.3 Å². The van der Waals surface area contributed by atoms with Gasteiger partial charge < -0.3 is 14.8 Å². The predicted octanol–water partition coefficient (Wildman–Crippen LogP) is -0.0153. The molecule has 0 fully saturated rings. The van der Waals surface area contributed by atoms with Crippen molar-refractivity contribution in [3.63, 3.8) is 0 Å². The molecule has 1 aromatic carbocycles. The van der Waals surface area contributed by atoms with Gasteiger partial charge in [-0.05, 0) is 18.2 Å². The second-order valence-corrected chi connectivity index (χ2v) is 3.82. The Morgan fingerprint density at radius 2 is 2.21 bits per heavy atom. The second-order valence-electron chi connectivity index (χ2n) is 2.76. The topological polar surface area (TPSA) is 62.6 Å². The van der Waals surface area contributed by atoms with Gasteiger partial charge in [0.05, 0.1) is 17.3 Å². The highest BCUT2D eigenvalue weighted by atomic mass is 32.1.